The quantitative estimate of drug-likeness (QED) is 0.668. The van der Waals surface area contributed by atoms with Gasteiger partial charge in [0.05, 0.1) is 0 Å². The average Bonchev–Trinajstić information content (AvgIpc) is 2.35. The third kappa shape index (κ3) is 3.86. The number of hydrogen-bond acceptors (Lipinski definition) is 1. The maximum absolute atomic E-state index is 11.8. The number of benzene rings is 1. The molecule has 1 N–H and O–H groups in total. The fourth-order valence-corrected chi connectivity index (χ4v) is 1.65. The Hall–Kier alpha value is -1.35. The molecule has 0 saturated carbocycles. The fourth-order valence-electron chi connectivity index (χ4n) is 1.38. The predicted molar refractivity (Wildman–Crippen MR) is 75.6 cm³/mol. The second kappa shape index (κ2) is 6.40. The van der Waals surface area contributed by atoms with Gasteiger partial charge in [-0.1, -0.05) is 34.1 Å². The molecule has 90 valence electrons. The number of allylic oxidation sites excluding steroid dienone is 1. The van der Waals surface area contributed by atoms with Crippen molar-refractivity contribution in [1.82, 2.24) is 5.32 Å². The molecule has 0 bridgehead atoms. The molecule has 0 fully saturated rings. The van der Waals surface area contributed by atoms with E-state index in [1.165, 1.54) is 0 Å². The molecule has 0 spiro atoms. The van der Waals surface area contributed by atoms with Gasteiger partial charge in [0.2, 0.25) is 5.91 Å². The van der Waals surface area contributed by atoms with Crippen molar-refractivity contribution < 1.29 is 4.79 Å². The Bertz CT molecular complexity index is 446. The molecule has 0 aliphatic heterocycles. The lowest BCUT2D eigenvalue weighted by Gasteiger charge is -2.08. The highest BCUT2D eigenvalue weighted by Gasteiger charge is 2.07. The largest absolute Gasteiger partial charge is 0.349 e. The van der Waals surface area contributed by atoms with Crippen LogP contribution >= 0.6 is 15.9 Å². The first-order valence-corrected chi connectivity index (χ1v) is 6.18. The summed E-state index contributed by atoms with van der Waals surface area (Å²) in [5.74, 6) is -0.0506. The zero-order valence-electron chi connectivity index (χ0n) is 10.1. The molecule has 0 saturated heterocycles. The van der Waals surface area contributed by atoms with E-state index in [1.807, 2.05) is 38.1 Å². The van der Waals surface area contributed by atoms with Gasteiger partial charge in [-0.2, -0.15) is 0 Å². The summed E-state index contributed by atoms with van der Waals surface area (Å²) in [6, 6.07) is 7.91. The van der Waals surface area contributed by atoms with Crippen molar-refractivity contribution in [3.63, 3.8) is 0 Å². The Balaban J connectivity index is 2.92. The van der Waals surface area contributed by atoms with E-state index in [2.05, 4.69) is 27.8 Å². The minimum Gasteiger partial charge on any atom is -0.349 e. The standard InChI is InChI=1S/C14H16BrNO/c1-4-9-16-14(17)11(3)10(2)12-5-7-13(15)8-6-12/h4-8H,1,9H2,2-3H3,(H,16,17)/b11-10-. The molecule has 1 rings (SSSR count). The van der Waals surface area contributed by atoms with Crippen LogP contribution in [0.4, 0.5) is 0 Å². The van der Waals surface area contributed by atoms with Crippen LogP contribution < -0.4 is 5.32 Å². The van der Waals surface area contributed by atoms with E-state index < -0.39 is 0 Å². The molecule has 0 radical (unpaired) electrons. The van der Waals surface area contributed by atoms with Crippen molar-refractivity contribution in [3.8, 4) is 0 Å². The first-order valence-electron chi connectivity index (χ1n) is 5.38. The number of rotatable bonds is 4. The van der Waals surface area contributed by atoms with E-state index in [0.29, 0.717) is 6.54 Å². The minimum absolute atomic E-state index is 0.0506. The molecule has 0 atom stereocenters. The van der Waals surface area contributed by atoms with Gasteiger partial charge in [0.25, 0.3) is 0 Å². The molecule has 0 aliphatic carbocycles. The van der Waals surface area contributed by atoms with Gasteiger partial charge in [0.1, 0.15) is 0 Å². The lowest BCUT2D eigenvalue weighted by molar-refractivity contribution is -0.117. The van der Waals surface area contributed by atoms with Crippen LogP contribution in [-0.4, -0.2) is 12.5 Å². The van der Waals surface area contributed by atoms with Crippen LogP contribution in [0.5, 0.6) is 0 Å². The first kappa shape index (κ1) is 13.7. The number of amides is 1. The van der Waals surface area contributed by atoms with Crippen molar-refractivity contribution in [2.24, 2.45) is 0 Å². The number of carbonyl (C=O) groups excluding carboxylic acids is 1. The van der Waals surface area contributed by atoms with Crippen molar-refractivity contribution in [1.29, 1.82) is 0 Å². The van der Waals surface area contributed by atoms with Gasteiger partial charge in [0, 0.05) is 16.6 Å². The highest BCUT2D eigenvalue weighted by molar-refractivity contribution is 9.10. The fraction of sp³-hybridized carbons (Fsp3) is 0.214. The van der Waals surface area contributed by atoms with Gasteiger partial charge in [-0.15, -0.1) is 6.58 Å². The SMILES string of the molecule is C=CCNC(=O)/C(C)=C(/C)c1ccc(Br)cc1. The summed E-state index contributed by atoms with van der Waals surface area (Å²) in [7, 11) is 0. The number of halogens is 1. The number of hydrogen-bond donors (Lipinski definition) is 1. The van der Waals surface area contributed by atoms with Gasteiger partial charge in [-0.3, -0.25) is 4.79 Å². The summed E-state index contributed by atoms with van der Waals surface area (Å²) in [6.45, 7) is 7.84. The number of carbonyl (C=O) groups is 1. The van der Waals surface area contributed by atoms with E-state index in [9.17, 15) is 4.79 Å². The molecule has 0 aliphatic rings. The van der Waals surface area contributed by atoms with Crippen LogP contribution in [0.2, 0.25) is 0 Å². The Labute approximate surface area is 111 Å². The number of nitrogens with one attached hydrogen (secondary N) is 1. The highest BCUT2D eigenvalue weighted by atomic mass is 79.9. The van der Waals surface area contributed by atoms with Crippen molar-refractivity contribution >= 4 is 27.4 Å². The Morgan fingerprint density at radius 1 is 1.35 bits per heavy atom. The van der Waals surface area contributed by atoms with E-state index in [0.717, 1.165) is 21.2 Å². The van der Waals surface area contributed by atoms with Crippen LogP contribution in [0.25, 0.3) is 5.57 Å². The van der Waals surface area contributed by atoms with E-state index in [-0.39, 0.29) is 5.91 Å². The summed E-state index contributed by atoms with van der Waals surface area (Å²) in [5, 5.41) is 2.77. The monoisotopic (exact) mass is 293 g/mol. The lowest BCUT2D eigenvalue weighted by Crippen LogP contribution is -2.24. The molecule has 2 nitrogen and oxygen atoms in total. The van der Waals surface area contributed by atoms with E-state index in [4.69, 9.17) is 0 Å². The van der Waals surface area contributed by atoms with E-state index >= 15 is 0 Å². The van der Waals surface area contributed by atoms with Gasteiger partial charge in [-0.25, -0.2) is 0 Å². The molecule has 3 heteroatoms. The van der Waals surface area contributed by atoms with Crippen LogP contribution in [0, 0.1) is 0 Å². The Kier molecular flexibility index (Phi) is 5.16. The predicted octanol–water partition coefficient (Wildman–Crippen LogP) is 3.54. The third-order valence-electron chi connectivity index (χ3n) is 2.59. The highest BCUT2D eigenvalue weighted by Crippen LogP contribution is 2.20. The van der Waals surface area contributed by atoms with Gasteiger partial charge < -0.3 is 5.32 Å². The minimum atomic E-state index is -0.0506. The maximum Gasteiger partial charge on any atom is 0.247 e. The molecule has 1 aromatic rings. The van der Waals surface area contributed by atoms with Crippen molar-refractivity contribution in [2.75, 3.05) is 6.54 Å². The van der Waals surface area contributed by atoms with E-state index in [1.54, 1.807) is 6.08 Å². The van der Waals surface area contributed by atoms with Crippen LogP contribution in [0.1, 0.15) is 19.4 Å². The maximum atomic E-state index is 11.8. The third-order valence-corrected chi connectivity index (χ3v) is 3.12. The zero-order valence-corrected chi connectivity index (χ0v) is 11.7. The Morgan fingerprint density at radius 3 is 2.47 bits per heavy atom. The normalized spacial score (nSPS) is 11.7. The summed E-state index contributed by atoms with van der Waals surface area (Å²) in [6.07, 6.45) is 1.67. The molecular weight excluding hydrogens is 278 g/mol. The van der Waals surface area contributed by atoms with Gasteiger partial charge in [-0.05, 0) is 37.1 Å². The smallest absolute Gasteiger partial charge is 0.247 e. The molecule has 1 amide bonds. The zero-order chi connectivity index (χ0) is 12.8. The Morgan fingerprint density at radius 2 is 1.94 bits per heavy atom. The second-order valence-electron chi connectivity index (χ2n) is 3.76. The first-order chi connectivity index (χ1) is 8.06. The lowest BCUT2D eigenvalue weighted by atomic mass is 10.0. The second-order valence-corrected chi connectivity index (χ2v) is 4.67. The summed E-state index contributed by atoms with van der Waals surface area (Å²) < 4.78 is 1.03. The summed E-state index contributed by atoms with van der Waals surface area (Å²) in [4.78, 5) is 11.8. The van der Waals surface area contributed by atoms with Gasteiger partial charge in [0.15, 0.2) is 0 Å². The van der Waals surface area contributed by atoms with Crippen LogP contribution in [0.15, 0.2) is 47.0 Å². The molecular formula is C14H16BrNO. The summed E-state index contributed by atoms with van der Waals surface area (Å²) in [5.41, 5.74) is 2.77. The summed E-state index contributed by atoms with van der Waals surface area (Å²) >= 11 is 3.39. The van der Waals surface area contributed by atoms with Crippen LogP contribution in [-0.2, 0) is 4.79 Å². The molecule has 1 aromatic carbocycles. The van der Waals surface area contributed by atoms with Crippen LogP contribution in [0.3, 0.4) is 0 Å². The van der Waals surface area contributed by atoms with Gasteiger partial charge >= 0.3 is 0 Å². The van der Waals surface area contributed by atoms with Crippen molar-refractivity contribution in [2.45, 2.75) is 13.8 Å². The molecule has 0 aromatic heterocycles. The molecule has 0 heterocycles. The topological polar surface area (TPSA) is 29.1 Å². The molecule has 0 unspecified atom stereocenters. The molecule has 17 heavy (non-hydrogen) atoms. The average molecular weight is 294 g/mol. The van der Waals surface area contributed by atoms with Crippen molar-refractivity contribution in [3.05, 3.63) is 52.5 Å².